The third-order valence-electron chi connectivity index (χ3n) is 2.24. The van der Waals surface area contributed by atoms with Crippen molar-refractivity contribution in [2.75, 3.05) is 12.3 Å². The average molecular weight is 195 g/mol. The van der Waals surface area contributed by atoms with Gasteiger partial charge in [-0.2, -0.15) is 0 Å². The first kappa shape index (κ1) is 8.72. The van der Waals surface area contributed by atoms with Gasteiger partial charge < -0.3 is 11.1 Å². The van der Waals surface area contributed by atoms with E-state index in [0.717, 1.165) is 18.7 Å². The van der Waals surface area contributed by atoms with Gasteiger partial charge in [0.1, 0.15) is 0 Å². The number of nitrogens with two attached hydrogens (primary N) is 1. The zero-order valence-electron chi connectivity index (χ0n) is 7.58. The smallest absolute Gasteiger partial charge is 0.180 e. The Balaban J connectivity index is 2.29. The number of nitrogens with one attached hydrogen (secondary N) is 1. The van der Waals surface area contributed by atoms with Crippen molar-refractivity contribution in [2.24, 2.45) is 0 Å². The van der Waals surface area contributed by atoms with Crippen molar-refractivity contribution in [3.05, 3.63) is 17.2 Å². The van der Waals surface area contributed by atoms with Crippen LogP contribution in [0, 0.1) is 0 Å². The molecule has 3 nitrogen and oxygen atoms in total. The molecule has 1 unspecified atom stereocenters. The van der Waals surface area contributed by atoms with Crippen LogP contribution < -0.4 is 11.1 Å². The minimum atomic E-state index is 0.398. The topological polar surface area (TPSA) is 50.9 Å². The maximum absolute atomic E-state index is 5.59. The van der Waals surface area contributed by atoms with Gasteiger partial charge in [0, 0.05) is 11.4 Å². The second kappa shape index (κ2) is 3.47. The van der Waals surface area contributed by atoms with Crippen LogP contribution in [0.1, 0.15) is 19.0 Å². The number of rotatable bonds is 1. The van der Waals surface area contributed by atoms with Gasteiger partial charge in [0.15, 0.2) is 5.13 Å². The van der Waals surface area contributed by atoms with Crippen LogP contribution in [-0.4, -0.2) is 17.6 Å². The zero-order valence-corrected chi connectivity index (χ0v) is 8.40. The highest BCUT2D eigenvalue weighted by Crippen LogP contribution is 2.24. The van der Waals surface area contributed by atoms with E-state index < -0.39 is 0 Å². The fourth-order valence-electron chi connectivity index (χ4n) is 1.56. The maximum atomic E-state index is 5.59. The van der Waals surface area contributed by atoms with Crippen LogP contribution in [-0.2, 0) is 0 Å². The highest BCUT2D eigenvalue weighted by atomic mass is 32.1. The molecule has 1 aliphatic heterocycles. The molecule has 0 amide bonds. The SMILES string of the molecule is CC1NCCC=C1c1csc(N)n1. The largest absolute Gasteiger partial charge is 0.375 e. The minimum absolute atomic E-state index is 0.398. The van der Waals surface area contributed by atoms with Gasteiger partial charge in [0.2, 0.25) is 0 Å². The van der Waals surface area contributed by atoms with Crippen LogP contribution in [0.15, 0.2) is 11.5 Å². The molecule has 1 aliphatic rings. The first-order valence-corrected chi connectivity index (χ1v) is 5.30. The van der Waals surface area contributed by atoms with Crippen LogP contribution in [0.2, 0.25) is 0 Å². The van der Waals surface area contributed by atoms with Gasteiger partial charge in [-0.1, -0.05) is 6.08 Å². The maximum Gasteiger partial charge on any atom is 0.180 e. The molecule has 4 heteroatoms. The molecule has 13 heavy (non-hydrogen) atoms. The molecule has 0 saturated carbocycles. The van der Waals surface area contributed by atoms with Crippen molar-refractivity contribution in [3.8, 4) is 0 Å². The summed E-state index contributed by atoms with van der Waals surface area (Å²) in [5.74, 6) is 0. The van der Waals surface area contributed by atoms with E-state index in [1.807, 2.05) is 5.38 Å². The predicted octanol–water partition coefficient (Wildman–Crippen LogP) is 1.49. The number of nitrogen functional groups attached to an aromatic ring is 1. The van der Waals surface area contributed by atoms with E-state index in [1.165, 1.54) is 16.9 Å². The minimum Gasteiger partial charge on any atom is -0.375 e. The number of aromatic nitrogens is 1. The third kappa shape index (κ3) is 1.73. The molecule has 2 heterocycles. The Morgan fingerprint density at radius 1 is 1.69 bits per heavy atom. The normalized spacial score (nSPS) is 22.8. The summed E-state index contributed by atoms with van der Waals surface area (Å²) in [5, 5.41) is 6.06. The summed E-state index contributed by atoms with van der Waals surface area (Å²) >= 11 is 1.50. The fraction of sp³-hybridized carbons (Fsp3) is 0.444. The molecule has 0 aliphatic carbocycles. The van der Waals surface area contributed by atoms with E-state index in [-0.39, 0.29) is 0 Å². The Bertz CT molecular complexity index is 329. The summed E-state index contributed by atoms with van der Waals surface area (Å²) in [6.07, 6.45) is 3.33. The summed E-state index contributed by atoms with van der Waals surface area (Å²) < 4.78 is 0. The molecular formula is C9H13N3S. The Morgan fingerprint density at radius 2 is 2.54 bits per heavy atom. The van der Waals surface area contributed by atoms with E-state index in [9.17, 15) is 0 Å². The lowest BCUT2D eigenvalue weighted by Crippen LogP contribution is -2.31. The number of hydrogen-bond acceptors (Lipinski definition) is 4. The van der Waals surface area contributed by atoms with Crippen molar-refractivity contribution < 1.29 is 0 Å². The Hall–Kier alpha value is -0.870. The number of anilines is 1. The summed E-state index contributed by atoms with van der Waals surface area (Å²) in [5.41, 5.74) is 7.90. The molecule has 2 rings (SSSR count). The van der Waals surface area contributed by atoms with Crippen LogP contribution in [0.25, 0.3) is 5.57 Å². The summed E-state index contributed by atoms with van der Waals surface area (Å²) in [6, 6.07) is 0.398. The zero-order chi connectivity index (χ0) is 9.26. The van der Waals surface area contributed by atoms with Crippen LogP contribution in [0.4, 0.5) is 5.13 Å². The molecule has 1 atom stereocenters. The van der Waals surface area contributed by atoms with Gasteiger partial charge in [0.25, 0.3) is 0 Å². The first-order chi connectivity index (χ1) is 6.27. The van der Waals surface area contributed by atoms with Crippen LogP contribution in [0.3, 0.4) is 0 Å². The molecule has 0 fully saturated rings. The van der Waals surface area contributed by atoms with E-state index in [1.54, 1.807) is 0 Å². The standard InChI is InChI=1S/C9H13N3S/c1-6-7(3-2-4-11-6)8-5-13-9(10)12-8/h3,5-6,11H,2,4H2,1H3,(H2,10,12). The molecule has 0 spiro atoms. The van der Waals surface area contributed by atoms with Crippen LogP contribution in [0.5, 0.6) is 0 Å². The number of nitrogens with zero attached hydrogens (tertiary/aromatic N) is 1. The van der Waals surface area contributed by atoms with Gasteiger partial charge in [-0.25, -0.2) is 4.98 Å². The van der Waals surface area contributed by atoms with Crippen molar-refractivity contribution in [2.45, 2.75) is 19.4 Å². The van der Waals surface area contributed by atoms with Crippen molar-refractivity contribution in [3.63, 3.8) is 0 Å². The lowest BCUT2D eigenvalue weighted by molar-refractivity contribution is 0.626. The van der Waals surface area contributed by atoms with Gasteiger partial charge in [0.05, 0.1) is 5.69 Å². The van der Waals surface area contributed by atoms with E-state index in [0.29, 0.717) is 11.2 Å². The summed E-state index contributed by atoms with van der Waals surface area (Å²) in [6.45, 7) is 3.21. The number of thiazole rings is 1. The Morgan fingerprint density at radius 3 is 3.15 bits per heavy atom. The van der Waals surface area contributed by atoms with E-state index >= 15 is 0 Å². The van der Waals surface area contributed by atoms with E-state index in [4.69, 9.17) is 5.73 Å². The Labute approximate surface area is 81.7 Å². The van der Waals surface area contributed by atoms with Gasteiger partial charge >= 0.3 is 0 Å². The molecule has 0 saturated heterocycles. The van der Waals surface area contributed by atoms with Crippen LogP contribution >= 0.6 is 11.3 Å². The molecule has 3 N–H and O–H groups in total. The monoisotopic (exact) mass is 195 g/mol. The number of hydrogen-bond donors (Lipinski definition) is 2. The summed E-state index contributed by atoms with van der Waals surface area (Å²) in [4.78, 5) is 4.27. The van der Waals surface area contributed by atoms with E-state index in [2.05, 4.69) is 23.3 Å². The summed E-state index contributed by atoms with van der Waals surface area (Å²) in [7, 11) is 0. The third-order valence-corrected chi connectivity index (χ3v) is 2.92. The molecule has 70 valence electrons. The average Bonchev–Trinajstić information content (AvgIpc) is 2.53. The van der Waals surface area contributed by atoms with Crippen molar-refractivity contribution in [1.82, 2.24) is 10.3 Å². The molecule has 0 bridgehead atoms. The lowest BCUT2D eigenvalue weighted by atomic mass is 10.0. The first-order valence-electron chi connectivity index (χ1n) is 4.42. The lowest BCUT2D eigenvalue weighted by Gasteiger charge is -2.20. The van der Waals surface area contributed by atoms with Crippen molar-refractivity contribution >= 4 is 22.0 Å². The van der Waals surface area contributed by atoms with Crippen molar-refractivity contribution in [1.29, 1.82) is 0 Å². The molecule has 0 radical (unpaired) electrons. The quantitative estimate of drug-likeness (QED) is 0.714. The molecule has 1 aromatic heterocycles. The highest BCUT2D eigenvalue weighted by Gasteiger charge is 2.15. The predicted molar refractivity (Wildman–Crippen MR) is 56.6 cm³/mol. The molecular weight excluding hydrogens is 182 g/mol. The van der Waals surface area contributed by atoms with Gasteiger partial charge in [-0.3, -0.25) is 0 Å². The molecule has 0 aromatic carbocycles. The second-order valence-electron chi connectivity index (χ2n) is 3.19. The Kier molecular flexibility index (Phi) is 2.33. The molecule has 1 aromatic rings. The van der Waals surface area contributed by atoms with Gasteiger partial charge in [-0.05, 0) is 25.5 Å². The fourth-order valence-corrected chi connectivity index (χ4v) is 2.13. The highest BCUT2D eigenvalue weighted by molar-refractivity contribution is 7.13. The van der Waals surface area contributed by atoms with Gasteiger partial charge in [-0.15, -0.1) is 11.3 Å². The second-order valence-corrected chi connectivity index (χ2v) is 4.08.